The maximum Gasteiger partial charge on any atom is 0.338 e. The van der Waals surface area contributed by atoms with Crippen LogP contribution in [0.4, 0.5) is 0 Å². The van der Waals surface area contributed by atoms with E-state index in [1.165, 1.54) is 18.2 Å². The van der Waals surface area contributed by atoms with Gasteiger partial charge in [0.25, 0.3) is 0 Å². The lowest BCUT2D eigenvalue weighted by Crippen LogP contribution is -2.37. The summed E-state index contributed by atoms with van der Waals surface area (Å²) in [4.78, 5) is 21.5. The Morgan fingerprint density at radius 3 is 2.35 bits per heavy atom. The molecule has 1 atom stereocenters. The van der Waals surface area contributed by atoms with Crippen molar-refractivity contribution in [2.45, 2.75) is 9.90 Å². The minimum absolute atomic E-state index is 0.0296. The van der Waals surface area contributed by atoms with Crippen molar-refractivity contribution in [2.75, 3.05) is 6.54 Å². The van der Waals surface area contributed by atoms with E-state index in [9.17, 15) is 14.9 Å². The topological polar surface area (TPSA) is 69.4 Å². The summed E-state index contributed by atoms with van der Waals surface area (Å²) >= 11 is 28.0. The van der Waals surface area contributed by atoms with E-state index in [0.717, 1.165) is 0 Å². The molecule has 0 aliphatic carbocycles. The Balaban J connectivity index is 2.90. The van der Waals surface area contributed by atoms with Gasteiger partial charge in [0.15, 0.2) is 0 Å². The molecule has 1 aromatic rings. The van der Waals surface area contributed by atoms with Gasteiger partial charge in [-0.2, -0.15) is 0 Å². The van der Waals surface area contributed by atoms with Gasteiger partial charge in [-0.05, 0) is 18.2 Å². The minimum atomic E-state index is -2.13. The maximum atomic E-state index is 11.8. The Morgan fingerprint density at radius 2 is 1.90 bits per heavy atom. The van der Waals surface area contributed by atoms with Crippen LogP contribution in [0.5, 0.6) is 0 Å². The fourth-order valence-electron chi connectivity index (χ4n) is 1.16. The molecule has 0 saturated heterocycles. The van der Waals surface area contributed by atoms with Crippen molar-refractivity contribution in [2.24, 2.45) is 0 Å². The van der Waals surface area contributed by atoms with Gasteiger partial charge in [-0.25, -0.2) is 4.79 Å². The quantitative estimate of drug-likeness (QED) is 0.340. The Bertz CT molecular complexity index is 531. The number of esters is 1. The molecule has 10 heteroatoms. The normalized spacial score (nSPS) is 12.8. The highest BCUT2D eigenvalue weighted by atomic mass is 35.6. The Morgan fingerprint density at radius 1 is 1.30 bits per heavy atom. The van der Waals surface area contributed by atoms with Crippen LogP contribution in [0.25, 0.3) is 0 Å². The number of ether oxygens (including phenoxy) is 1. The van der Waals surface area contributed by atoms with Crippen LogP contribution in [0.3, 0.4) is 0 Å². The maximum absolute atomic E-state index is 11.8. The number of alkyl halides is 3. The van der Waals surface area contributed by atoms with Crippen LogP contribution in [-0.2, 0) is 4.74 Å². The molecule has 20 heavy (non-hydrogen) atoms. The predicted molar refractivity (Wildman–Crippen MR) is 77.8 cm³/mol. The van der Waals surface area contributed by atoms with E-state index in [1.807, 2.05) is 0 Å². The molecule has 0 unspecified atom stereocenters. The fraction of sp³-hybridized carbons (Fsp3) is 0.300. The first-order valence-electron chi connectivity index (χ1n) is 4.96. The second-order valence-corrected chi connectivity index (χ2v) is 6.76. The third kappa shape index (κ3) is 5.14. The standard InChI is InChI=1S/C10H6Cl5NO4/c11-6-2-1-5(3-7(6)12)9(17)20-8(4-16(18)19)10(13,14)15/h1-3,8H,4H2/t8-/m0/s1. The van der Waals surface area contributed by atoms with E-state index in [1.54, 1.807) is 0 Å². The molecule has 0 fully saturated rings. The van der Waals surface area contributed by atoms with E-state index < -0.39 is 27.3 Å². The van der Waals surface area contributed by atoms with Crippen LogP contribution in [0.2, 0.25) is 10.0 Å². The van der Waals surface area contributed by atoms with E-state index in [-0.39, 0.29) is 15.6 Å². The number of hydrogen-bond acceptors (Lipinski definition) is 4. The first-order chi connectivity index (χ1) is 9.11. The lowest BCUT2D eigenvalue weighted by Gasteiger charge is -2.21. The van der Waals surface area contributed by atoms with Crippen LogP contribution >= 0.6 is 58.0 Å². The number of nitro groups is 1. The SMILES string of the molecule is O=C(O[C@@H](C[N+](=O)[O-])C(Cl)(Cl)Cl)c1ccc(Cl)c(Cl)c1. The summed E-state index contributed by atoms with van der Waals surface area (Å²) in [6, 6.07) is 3.95. The van der Waals surface area contributed by atoms with Crippen molar-refractivity contribution in [1.82, 2.24) is 0 Å². The minimum Gasteiger partial charge on any atom is -0.447 e. The molecule has 0 aliphatic heterocycles. The fourth-order valence-corrected chi connectivity index (χ4v) is 1.80. The number of halogens is 5. The Kier molecular flexibility index (Phi) is 6.16. The molecule has 0 heterocycles. The van der Waals surface area contributed by atoms with Crippen molar-refractivity contribution >= 4 is 64.0 Å². The molecule has 110 valence electrons. The summed E-state index contributed by atoms with van der Waals surface area (Å²) in [6.45, 7) is -0.844. The molecule has 1 aromatic carbocycles. The largest absolute Gasteiger partial charge is 0.447 e. The number of benzene rings is 1. The highest BCUT2D eigenvalue weighted by molar-refractivity contribution is 6.68. The smallest absolute Gasteiger partial charge is 0.338 e. The average molecular weight is 381 g/mol. The number of hydrogen-bond donors (Lipinski definition) is 0. The monoisotopic (exact) mass is 379 g/mol. The molecule has 0 N–H and O–H groups in total. The lowest BCUT2D eigenvalue weighted by molar-refractivity contribution is -0.489. The van der Waals surface area contributed by atoms with Gasteiger partial charge in [-0.15, -0.1) is 0 Å². The van der Waals surface area contributed by atoms with Gasteiger partial charge in [-0.3, -0.25) is 10.1 Å². The first kappa shape index (κ1) is 17.6. The Hall–Kier alpha value is -0.460. The van der Waals surface area contributed by atoms with Crippen LogP contribution in [-0.4, -0.2) is 27.3 Å². The average Bonchev–Trinajstić information content (AvgIpc) is 2.30. The molecule has 0 aliphatic rings. The first-order valence-corrected chi connectivity index (χ1v) is 6.85. The van der Waals surface area contributed by atoms with Gasteiger partial charge >= 0.3 is 5.97 Å². The highest BCUT2D eigenvalue weighted by Crippen LogP contribution is 2.33. The third-order valence-corrected chi connectivity index (χ3v) is 3.55. The van der Waals surface area contributed by atoms with Crippen molar-refractivity contribution in [3.8, 4) is 0 Å². The van der Waals surface area contributed by atoms with Crippen molar-refractivity contribution < 1.29 is 14.5 Å². The molecule has 0 amide bonds. The van der Waals surface area contributed by atoms with E-state index >= 15 is 0 Å². The van der Waals surface area contributed by atoms with Crippen molar-refractivity contribution in [3.63, 3.8) is 0 Å². The lowest BCUT2D eigenvalue weighted by atomic mass is 10.2. The summed E-state index contributed by atoms with van der Waals surface area (Å²) in [7, 11) is 0. The second kappa shape index (κ2) is 7.00. The van der Waals surface area contributed by atoms with E-state index in [4.69, 9.17) is 62.7 Å². The molecule has 0 radical (unpaired) electrons. The van der Waals surface area contributed by atoms with Crippen LogP contribution in [0.1, 0.15) is 10.4 Å². The van der Waals surface area contributed by atoms with Gasteiger partial charge in [0.05, 0.1) is 15.6 Å². The molecule has 0 spiro atoms. The number of carbonyl (C=O) groups excluding carboxylic acids is 1. The van der Waals surface area contributed by atoms with Crippen LogP contribution < -0.4 is 0 Å². The number of nitrogens with zero attached hydrogens (tertiary/aromatic N) is 1. The predicted octanol–water partition coefficient (Wildman–Crippen LogP) is 4.17. The molecule has 0 bridgehead atoms. The Labute approximate surface area is 138 Å². The number of rotatable bonds is 4. The molecule has 0 saturated carbocycles. The molecule has 1 rings (SSSR count). The van der Waals surface area contributed by atoms with Gasteiger partial charge in [0.1, 0.15) is 0 Å². The molecule has 5 nitrogen and oxygen atoms in total. The third-order valence-electron chi connectivity index (χ3n) is 2.08. The van der Waals surface area contributed by atoms with Crippen LogP contribution in [0, 0.1) is 10.1 Å². The van der Waals surface area contributed by atoms with Gasteiger partial charge in [0, 0.05) is 4.92 Å². The van der Waals surface area contributed by atoms with Crippen molar-refractivity contribution in [3.05, 3.63) is 43.9 Å². The summed E-state index contributed by atoms with van der Waals surface area (Å²) in [5, 5.41) is 10.8. The van der Waals surface area contributed by atoms with Gasteiger partial charge in [-0.1, -0.05) is 58.0 Å². The van der Waals surface area contributed by atoms with E-state index in [0.29, 0.717) is 0 Å². The van der Waals surface area contributed by atoms with Crippen molar-refractivity contribution in [1.29, 1.82) is 0 Å². The summed E-state index contributed by atoms with van der Waals surface area (Å²) in [5.41, 5.74) is 0.0296. The molecular weight excluding hydrogens is 375 g/mol. The number of carbonyl (C=O) groups is 1. The van der Waals surface area contributed by atoms with E-state index in [2.05, 4.69) is 0 Å². The van der Waals surface area contributed by atoms with Crippen LogP contribution in [0.15, 0.2) is 18.2 Å². The zero-order chi connectivity index (χ0) is 15.5. The molecule has 0 aromatic heterocycles. The zero-order valence-corrected chi connectivity index (χ0v) is 13.3. The highest BCUT2D eigenvalue weighted by Gasteiger charge is 2.40. The molecular formula is C10H6Cl5NO4. The zero-order valence-electron chi connectivity index (χ0n) is 9.49. The summed E-state index contributed by atoms with van der Waals surface area (Å²) in [6.07, 6.45) is -1.54. The van der Waals surface area contributed by atoms with Gasteiger partial charge in [0.2, 0.25) is 16.4 Å². The van der Waals surface area contributed by atoms with Gasteiger partial charge < -0.3 is 4.74 Å². The summed E-state index contributed by atoms with van der Waals surface area (Å²) < 4.78 is 2.70. The summed E-state index contributed by atoms with van der Waals surface area (Å²) in [5.74, 6) is -0.915. The second-order valence-electron chi connectivity index (χ2n) is 3.58.